The van der Waals surface area contributed by atoms with E-state index in [1.54, 1.807) is 0 Å². The Morgan fingerprint density at radius 2 is 2.00 bits per heavy atom. The number of aromatic nitrogens is 2. The smallest absolute Gasteiger partial charge is 0.319 e. The number of fused-ring (bicyclic) bond motifs is 1. The van der Waals surface area contributed by atoms with Gasteiger partial charge in [0.2, 0.25) is 0 Å². The van der Waals surface area contributed by atoms with Gasteiger partial charge in [0.15, 0.2) is 0 Å². The van der Waals surface area contributed by atoms with Crippen molar-refractivity contribution in [2.45, 2.75) is 25.3 Å². The van der Waals surface area contributed by atoms with Gasteiger partial charge < -0.3 is 20.7 Å². The molecule has 1 saturated heterocycles. The molecule has 4 rings (SSSR count). The van der Waals surface area contributed by atoms with Gasteiger partial charge >= 0.3 is 6.03 Å². The van der Waals surface area contributed by atoms with Crippen molar-refractivity contribution in [1.29, 1.82) is 0 Å². The predicted octanol–water partition coefficient (Wildman–Crippen LogP) is 4.28. The summed E-state index contributed by atoms with van der Waals surface area (Å²) in [6.07, 6.45) is 4.43. The molecule has 1 fully saturated rings. The van der Waals surface area contributed by atoms with E-state index in [1.807, 2.05) is 36.5 Å². The molecule has 3 aromatic rings. The molecule has 29 heavy (non-hydrogen) atoms. The molecule has 1 aliphatic heterocycles. The summed E-state index contributed by atoms with van der Waals surface area (Å²) in [5.41, 5.74) is 4.03. The van der Waals surface area contributed by atoms with Gasteiger partial charge in [-0.1, -0.05) is 28.1 Å². The molecule has 0 bridgehead atoms. The third-order valence-corrected chi connectivity index (χ3v) is 5.48. The Hall–Kier alpha value is -2.58. The fourth-order valence-corrected chi connectivity index (χ4v) is 3.91. The van der Waals surface area contributed by atoms with Crippen LogP contribution in [0, 0.1) is 0 Å². The maximum Gasteiger partial charge on any atom is 0.319 e. The highest BCUT2D eigenvalue weighted by atomic mass is 79.9. The van der Waals surface area contributed by atoms with Crippen LogP contribution in [0.4, 0.5) is 16.2 Å². The Kier molecular flexibility index (Phi) is 6.31. The molecule has 2 aromatic carbocycles. The highest BCUT2D eigenvalue weighted by Crippen LogP contribution is 2.26. The Morgan fingerprint density at radius 3 is 2.79 bits per heavy atom. The van der Waals surface area contributed by atoms with Crippen LogP contribution < -0.4 is 16.0 Å². The molecule has 4 N–H and O–H groups in total. The number of halogens is 1. The van der Waals surface area contributed by atoms with Crippen molar-refractivity contribution in [2.24, 2.45) is 0 Å². The Balaban J connectivity index is 1.27. The fourth-order valence-electron chi connectivity index (χ4n) is 3.45. The number of nitrogens with zero attached hydrogens (tertiary/aromatic N) is 1. The molecule has 7 nitrogen and oxygen atoms in total. The lowest BCUT2D eigenvalue weighted by Gasteiger charge is -2.23. The number of ether oxygens (including phenoxy) is 1. The van der Waals surface area contributed by atoms with Gasteiger partial charge in [-0.05, 0) is 49.1 Å². The zero-order valence-electron chi connectivity index (χ0n) is 16.0. The third-order valence-electron chi connectivity index (χ3n) is 5.02. The van der Waals surface area contributed by atoms with E-state index in [0.29, 0.717) is 13.2 Å². The molecule has 0 aliphatic carbocycles. The Bertz CT molecular complexity index is 967. The summed E-state index contributed by atoms with van der Waals surface area (Å²) in [4.78, 5) is 12.1. The molecule has 1 aromatic heterocycles. The summed E-state index contributed by atoms with van der Waals surface area (Å²) in [6, 6.07) is 12.1. The summed E-state index contributed by atoms with van der Waals surface area (Å²) < 4.78 is 6.32. The number of nitrogens with one attached hydrogen (secondary N) is 4. The minimum absolute atomic E-state index is 0.162. The van der Waals surface area contributed by atoms with Gasteiger partial charge in [-0.2, -0.15) is 5.10 Å². The van der Waals surface area contributed by atoms with Crippen LogP contribution in [0.5, 0.6) is 0 Å². The monoisotopic (exact) mass is 457 g/mol. The molecule has 0 spiro atoms. The number of hydrogen-bond donors (Lipinski definition) is 4. The van der Waals surface area contributed by atoms with Gasteiger partial charge in [0.25, 0.3) is 0 Å². The second-order valence-corrected chi connectivity index (χ2v) is 8.06. The average Bonchev–Trinajstić information content (AvgIpc) is 3.18. The SMILES string of the molecule is O=C(Nc1ccc(CCNc2cc(Br)cc3[nH]ncc23)cc1)NC1CCOCC1. The molecule has 0 saturated carbocycles. The molecular weight excluding hydrogens is 434 g/mol. The lowest BCUT2D eigenvalue weighted by molar-refractivity contribution is 0.0806. The van der Waals surface area contributed by atoms with Crippen molar-refractivity contribution in [3.05, 3.63) is 52.6 Å². The van der Waals surface area contributed by atoms with E-state index < -0.39 is 0 Å². The predicted molar refractivity (Wildman–Crippen MR) is 118 cm³/mol. The van der Waals surface area contributed by atoms with Crippen LogP contribution in [-0.2, 0) is 11.2 Å². The van der Waals surface area contributed by atoms with Crippen molar-refractivity contribution >= 4 is 44.2 Å². The van der Waals surface area contributed by atoms with Crippen LogP contribution in [-0.4, -0.2) is 42.0 Å². The van der Waals surface area contributed by atoms with Gasteiger partial charge in [-0.3, -0.25) is 5.10 Å². The van der Waals surface area contributed by atoms with Gasteiger partial charge in [-0.25, -0.2) is 4.79 Å². The van der Waals surface area contributed by atoms with Gasteiger partial charge in [0.1, 0.15) is 0 Å². The number of aromatic amines is 1. The largest absolute Gasteiger partial charge is 0.384 e. The zero-order valence-corrected chi connectivity index (χ0v) is 17.6. The van der Waals surface area contributed by atoms with Crippen LogP contribution in [0.15, 0.2) is 47.1 Å². The first kappa shape index (κ1) is 19.7. The van der Waals surface area contributed by atoms with E-state index in [1.165, 1.54) is 5.56 Å². The van der Waals surface area contributed by atoms with E-state index in [9.17, 15) is 4.79 Å². The standard InChI is InChI=1S/C21H24BrN5O2/c22-15-11-19(18-13-24-27-20(18)12-15)23-8-5-14-1-3-16(4-2-14)25-21(28)26-17-6-9-29-10-7-17/h1-4,11-13,17,23H,5-10H2,(H,24,27)(H2,25,26,28). The van der Waals surface area contributed by atoms with Crippen molar-refractivity contribution in [3.63, 3.8) is 0 Å². The molecule has 0 radical (unpaired) electrons. The molecular formula is C21H24BrN5O2. The molecule has 2 amide bonds. The summed E-state index contributed by atoms with van der Waals surface area (Å²) in [7, 11) is 0. The topological polar surface area (TPSA) is 91.1 Å². The normalized spacial score (nSPS) is 14.7. The maximum absolute atomic E-state index is 12.1. The Labute approximate surface area is 177 Å². The summed E-state index contributed by atoms with van der Waals surface area (Å²) >= 11 is 3.53. The highest BCUT2D eigenvalue weighted by molar-refractivity contribution is 9.10. The van der Waals surface area contributed by atoms with Crippen LogP contribution in [0.1, 0.15) is 18.4 Å². The van der Waals surface area contributed by atoms with Gasteiger partial charge in [0.05, 0.1) is 11.7 Å². The summed E-state index contributed by atoms with van der Waals surface area (Å²) in [5, 5.41) is 17.5. The number of hydrogen-bond acceptors (Lipinski definition) is 4. The van der Waals surface area contributed by atoms with Crippen molar-refractivity contribution in [1.82, 2.24) is 15.5 Å². The molecule has 0 unspecified atom stereocenters. The number of H-pyrrole nitrogens is 1. The van der Waals surface area contributed by atoms with Crippen molar-refractivity contribution in [2.75, 3.05) is 30.4 Å². The highest BCUT2D eigenvalue weighted by Gasteiger charge is 2.15. The minimum Gasteiger partial charge on any atom is -0.384 e. The first-order chi connectivity index (χ1) is 14.2. The van der Waals surface area contributed by atoms with Crippen molar-refractivity contribution < 1.29 is 9.53 Å². The second kappa shape index (κ2) is 9.28. The van der Waals surface area contributed by atoms with Crippen LogP contribution in [0.2, 0.25) is 0 Å². The lowest BCUT2D eigenvalue weighted by Crippen LogP contribution is -2.41. The zero-order chi connectivity index (χ0) is 20.1. The average molecular weight is 458 g/mol. The molecule has 2 heterocycles. The van der Waals surface area contributed by atoms with Crippen LogP contribution in [0.25, 0.3) is 10.9 Å². The van der Waals surface area contributed by atoms with E-state index in [4.69, 9.17) is 4.74 Å². The number of benzene rings is 2. The number of anilines is 2. The van der Waals surface area contributed by atoms with E-state index in [0.717, 1.165) is 52.6 Å². The molecule has 8 heteroatoms. The fraction of sp³-hybridized carbons (Fsp3) is 0.333. The van der Waals surface area contributed by atoms with Crippen molar-refractivity contribution in [3.8, 4) is 0 Å². The van der Waals surface area contributed by atoms with E-state index in [-0.39, 0.29) is 12.1 Å². The van der Waals surface area contributed by atoms with Crippen LogP contribution in [0.3, 0.4) is 0 Å². The Morgan fingerprint density at radius 1 is 1.21 bits per heavy atom. The van der Waals surface area contributed by atoms with E-state index >= 15 is 0 Å². The number of amides is 2. The summed E-state index contributed by atoms with van der Waals surface area (Å²) in [5.74, 6) is 0. The maximum atomic E-state index is 12.1. The molecule has 152 valence electrons. The number of rotatable bonds is 6. The molecule has 0 atom stereocenters. The van der Waals surface area contributed by atoms with Gasteiger partial charge in [0, 0.05) is 47.0 Å². The molecule has 1 aliphatic rings. The number of urea groups is 1. The number of carbonyl (C=O) groups is 1. The van der Waals surface area contributed by atoms with Gasteiger partial charge in [-0.15, -0.1) is 0 Å². The second-order valence-electron chi connectivity index (χ2n) is 7.14. The first-order valence-corrected chi connectivity index (χ1v) is 10.6. The minimum atomic E-state index is -0.162. The number of carbonyl (C=O) groups excluding carboxylic acids is 1. The first-order valence-electron chi connectivity index (χ1n) is 9.78. The third kappa shape index (κ3) is 5.27. The van der Waals surface area contributed by atoms with Crippen LogP contribution >= 0.6 is 15.9 Å². The summed E-state index contributed by atoms with van der Waals surface area (Å²) in [6.45, 7) is 2.22. The lowest BCUT2D eigenvalue weighted by atomic mass is 10.1. The van der Waals surface area contributed by atoms with E-state index in [2.05, 4.69) is 48.1 Å². The quantitative estimate of drug-likeness (QED) is 0.444.